The quantitative estimate of drug-likeness (QED) is 0.826. The van der Waals surface area contributed by atoms with Gasteiger partial charge in [0.25, 0.3) is 0 Å². The maximum atomic E-state index is 13.1. The molecule has 0 fully saturated rings. The van der Waals surface area contributed by atoms with Crippen molar-refractivity contribution < 1.29 is 8.78 Å². The van der Waals surface area contributed by atoms with Crippen molar-refractivity contribution >= 4 is 27.7 Å². The van der Waals surface area contributed by atoms with Crippen LogP contribution in [0.2, 0.25) is 0 Å². The molecule has 1 unspecified atom stereocenters. The molecule has 0 amide bonds. The van der Waals surface area contributed by atoms with Crippen molar-refractivity contribution in [2.75, 3.05) is 5.75 Å². The standard InChI is InChI=1S/C14H12BrF2NS/c15-10-2-1-3-11(7-10)19-8-14(18)9-4-5-12(16)13(17)6-9/h1-7,14H,8,18H2. The normalized spacial score (nSPS) is 12.4. The average Bonchev–Trinajstić information content (AvgIpc) is 2.39. The molecule has 0 spiro atoms. The summed E-state index contributed by atoms with van der Waals surface area (Å²) in [6.45, 7) is 0. The maximum absolute atomic E-state index is 13.1. The summed E-state index contributed by atoms with van der Waals surface area (Å²) in [5, 5.41) is 0. The molecule has 0 heterocycles. The SMILES string of the molecule is NC(CSc1cccc(Br)c1)c1ccc(F)c(F)c1. The first-order chi connectivity index (χ1) is 9.06. The molecular formula is C14H12BrF2NS. The van der Waals surface area contributed by atoms with Crippen molar-refractivity contribution in [3.8, 4) is 0 Å². The first-order valence-corrected chi connectivity index (χ1v) is 7.43. The largest absolute Gasteiger partial charge is 0.323 e. The third kappa shape index (κ3) is 4.03. The molecule has 1 atom stereocenters. The minimum absolute atomic E-state index is 0.334. The lowest BCUT2D eigenvalue weighted by Crippen LogP contribution is -2.13. The smallest absolute Gasteiger partial charge is 0.159 e. The first kappa shape index (κ1) is 14.5. The monoisotopic (exact) mass is 343 g/mol. The van der Waals surface area contributed by atoms with Crippen LogP contribution in [-0.4, -0.2) is 5.75 Å². The Labute approximate surface area is 123 Å². The van der Waals surface area contributed by atoms with Crippen LogP contribution in [0, 0.1) is 11.6 Å². The van der Waals surface area contributed by atoms with Gasteiger partial charge >= 0.3 is 0 Å². The molecule has 0 bridgehead atoms. The summed E-state index contributed by atoms with van der Waals surface area (Å²) in [6.07, 6.45) is 0. The zero-order valence-electron chi connectivity index (χ0n) is 9.95. The van der Waals surface area contributed by atoms with Crippen molar-refractivity contribution in [1.82, 2.24) is 0 Å². The van der Waals surface area contributed by atoms with Crippen LogP contribution in [0.3, 0.4) is 0 Å². The number of hydrogen-bond donors (Lipinski definition) is 1. The van der Waals surface area contributed by atoms with Gasteiger partial charge in [-0.2, -0.15) is 0 Å². The van der Waals surface area contributed by atoms with Crippen LogP contribution in [0.25, 0.3) is 0 Å². The summed E-state index contributed by atoms with van der Waals surface area (Å²) in [6, 6.07) is 11.3. The molecule has 2 rings (SSSR count). The minimum atomic E-state index is -0.861. The van der Waals surface area contributed by atoms with Gasteiger partial charge in [-0.1, -0.05) is 28.1 Å². The number of nitrogens with two attached hydrogens (primary N) is 1. The first-order valence-electron chi connectivity index (χ1n) is 5.65. The molecule has 2 aromatic rings. The van der Waals surface area contributed by atoms with Gasteiger partial charge in [-0.05, 0) is 35.9 Å². The molecule has 2 aromatic carbocycles. The van der Waals surface area contributed by atoms with Crippen LogP contribution in [0.15, 0.2) is 51.8 Å². The molecule has 0 radical (unpaired) electrons. The highest BCUT2D eigenvalue weighted by molar-refractivity contribution is 9.10. The van der Waals surface area contributed by atoms with E-state index in [-0.39, 0.29) is 6.04 Å². The number of halogens is 3. The summed E-state index contributed by atoms with van der Waals surface area (Å²) >= 11 is 4.97. The predicted molar refractivity (Wildman–Crippen MR) is 78.2 cm³/mol. The Morgan fingerprint density at radius 1 is 1.11 bits per heavy atom. The van der Waals surface area contributed by atoms with Crippen molar-refractivity contribution in [2.45, 2.75) is 10.9 Å². The number of hydrogen-bond acceptors (Lipinski definition) is 2. The van der Waals surface area contributed by atoms with Crippen LogP contribution in [-0.2, 0) is 0 Å². The van der Waals surface area contributed by atoms with E-state index in [1.807, 2.05) is 24.3 Å². The van der Waals surface area contributed by atoms with E-state index in [9.17, 15) is 8.78 Å². The van der Waals surface area contributed by atoms with Crippen molar-refractivity contribution in [3.05, 3.63) is 64.1 Å². The van der Waals surface area contributed by atoms with Gasteiger partial charge < -0.3 is 5.73 Å². The second-order valence-corrected chi connectivity index (χ2v) is 6.06. The predicted octanol–water partition coefficient (Wildman–Crippen LogP) is 4.52. The molecule has 0 aliphatic rings. The van der Waals surface area contributed by atoms with E-state index in [2.05, 4.69) is 15.9 Å². The lowest BCUT2D eigenvalue weighted by Gasteiger charge is -2.12. The van der Waals surface area contributed by atoms with E-state index in [1.165, 1.54) is 6.07 Å². The Morgan fingerprint density at radius 3 is 2.58 bits per heavy atom. The summed E-state index contributed by atoms with van der Waals surface area (Å²) in [7, 11) is 0. The highest BCUT2D eigenvalue weighted by Crippen LogP contribution is 2.26. The highest BCUT2D eigenvalue weighted by Gasteiger charge is 2.10. The second-order valence-electron chi connectivity index (χ2n) is 4.05. The fourth-order valence-electron chi connectivity index (χ4n) is 1.58. The fraction of sp³-hybridized carbons (Fsp3) is 0.143. The van der Waals surface area contributed by atoms with E-state index in [4.69, 9.17) is 5.73 Å². The zero-order chi connectivity index (χ0) is 13.8. The summed E-state index contributed by atoms with van der Waals surface area (Å²) < 4.78 is 26.9. The van der Waals surface area contributed by atoms with Crippen molar-refractivity contribution in [2.24, 2.45) is 5.73 Å². The molecule has 0 aromatic heterocycles. The second kappa shape index (κ2) is 6.50. The summed E-state index contributed by atoms with van der Waals surface area (Å²) in [4.78, 5) is 1.08. The molecule has 100 valence electrons. The Balaban J connectivity index is 2.01. The molecule has 2 N–H and O–H groups in total. The summed E-state index contributed by atoms with van der Waals surface area (Å²) in [5.74, 6) is -1.11. The zero-order valence-corrected chi connectivity index (χ0v) is 12.3. The topological polar surface area (TPSA) is 26.0 Å². The van der Waals surface area contributed by atoms with Gasteiger partial charge in [0.05, 0.1) is 0 Å². The summed E-state index contributed by atoms with van der Waals surface area (Å²) in [5.41, 5.74) is 6.58. The molecule has 1 nitrogen and oxygen atoms in total. The third-order valence-corrected chi connectivity index (χ3v) is 4.20. The van der Waals surface area contributed by atoms with Gasteiger partial charge in [-0.15, -0.1) is 11.8 Å². The van der Waals surface area contributed by atoms with Crippen molar-refractivity contribution in [1.29, 1.82) is 0 Å². The molecular weight excluding hydrogens is 332 g/mol. The lowest BCUT2D eigenvalue weighted by molar-refractivity contribution is 0.506. The minimum Gasteiger partial charge on any atom is -0.323 e. The molecule has 0 saturated heterocycles. The molecule has 19 heavy (non-hydrogen) atoms. The molecule has 0 aliphatic heterocycles. The van der Waals surface area contributed by atoms with Gasteiger partial charge in [0.2, 0.25) is 0 Å². The van der Waals surface area contributed by atoms with Gasteiger partial charge in [0.15, 0.2) is 11.6 Å². The Bertz CT molecular complexity index is 577. The van der Waals surface area contributed by atoms with Crippen molar-refractivity contribution in [3.63, 3.8) is 0 Å². The Hall–Kier alpha value is -0.910. The van der Waals surface area contributed by atoms with Crippen LogP contribution >= 0.6 is 27.7 Å². The van der Waals surface area contributed by atoms with E-state index in [0.29, 0.717) is 11.3 Å². The average molecular weight is 344 g/mol. The number of benzene rings is 2. The molecule has 0 saturated carbocycles. The van der Waals surface area contributed by atoms with E-state index >= 15 is 0 Å². The van der Waals surface area contributed by atoms with Crippen LogP contribution < -0.4 is 5.73 Å². The number of thioether (sulfide) groups is 1. The van der Waals surface area contributed by atoms with Gasteiger partial charge in [0.1, 0.15) is 0 Å². The van der Waals surface area contributed by atoms with Gasteiger partial charge in [-0.25, -0.2) is 8.78 Å². The van der Waals surface area contributed by atoms with Crippen LogP contribution in [0.1, 0.15) is 11.6 Å². The fourth-order valence-corrected chi connectivity index (χ4v) is 3.08. The lowest BCUT2D eigenvalue weighted by atomic mass is 10.1. The van der Waals surface area contributed by atoms with E-state index in [0.717, 1.165) is 21.5 Å². The Morgan fingerprint density at radius 2 is 1.89 bits per heavy atom. The van der Waals surface area contributed by atoms with E-state index < -0.39 is 11.6 Å². The van der Waals surface area contributed by atoms with Gasteiger partial charge in [0, 0.05) is 21.2 Å². The third-order valence-electron chi connectivity index (χ3n) is 2.60. The van der Waals surface area contributed by atoms with Crippen LogP contribution in [0.4, 0.5) is 8.78 Å². The Kier molecular flexibility index (Phi) is 4.96. The highest BCUT2D eigenvalue weighted by atomic mass is 79.9. The number of rotatable bonds is 4. The molecule has 5 heteroatoms. The maximum Gasteiger partial charge on any atom is 0.159 e. The van der Waals surface area contributed by atoms with Crippen LogP contribution in [0.5, 0.6) is 0 Å². The molecule has 0 aliphatic carbocycles. The van der Waals surface area contributed by atoms with Gasteiger partial charge in [-0.3, -0.25) is 0 Å². The van der Waals surface area contributed by atoms with E-state index in [1.54, 1.807) is 11.8 Å².